The van der Waals surface area contributed by atoms with Crippen LogP contribution in [0.1, 0.15) is 52.4 Å². The highest BCUT2D eigenvalue weighted by Crippen LogP contribution is 2.32. The molecule has 82 valence electrons. The van der Waals surface area contributed by atoms with Crippen molar-refractivity contribution < 1.29 is 0 Å². The highest BCUT2D eigenvalue weighted by atomic mass is 28.3. The van der Waals surface area contributed by atoms with E-state index in [1.54, 1.807) is 12.1 Å². The molecule has 2 fully saturated rings. The van der Waals surface area contributed by atoms with Gasteiger partial charge in [0.1, 0.15) is 8.96 Å². The molecule has 0 amide bonds. The molecule has 1 aliphatic carbocycles. The van der Waals surface area contributed by atoms with Crippen LogP contribution >= 0.6 is 0 Å². The van der Waals surface area contributed by atoms with Crippen LogP contribution in [0, 0.1) is 0 Å². The third-order valence-electron chi connectivity index (χ3n) is 4.09. The molecule has 2 rings (SSSR count). The van der Waals surface area contributed by atoms with Gasteiger partial charge in [-0.15, -0.1) is 0 Å². The minimum Gasteiger partial charge on any atom is -0.321 e. The molecule has 1 saturated heterocycles. The molecule has 0 radical (unpaired) electrons. The molecule has 0 aromatic heterocycles. The minimum atomic E-state index is -0.413. The van der Waals surface area contributed by atoms with E-state index in [1.165, 1.54) is 38.5 Å². The topological polar surface area (TPSA) is 3.24 Å². The maximum Gasteiger partial charge on any atom is 0.112 e. The van der Waals surface area contributed by atoms with Crippen LogP contribution in [0.5, 0.6) is 0 Å². The third-order valence-corrected chi connectivity index (χ3v) is 8.10. The third kappa shape index (κ3) is 2.22. The predicted molar refractivity (Wildman–Crippen MR) is 65.2 cm³/mol. The monoisotopic (exact) mass is 211 g/mol. The van der Waals surface area contributed by atoms with Crippen molar-refractivity contribution in [1.29, 1.82) is 0 Å². The van der Waals surface area contributed by atoms with E-state index in [1.807, 2.05) is 0 Å². The van der Waals surface area contributed by atoms with Crippen molar-refractivity contribution in [2.24, 2.45) is 0 Å². The van der Waals surface area contributed by atoms with Crippen LogP contribution in [0.3, 0.4) is 0 Å². The smallest absolute Gasteiger partial charge is 0.112 e. The quantitative estimate of drug-likeness (QED) is 0.648. The van der Waals surface area contributed by atoms with Gasteiger partial charge < -0.3 is 4.57 Å². The van der Waals surface area contributed by atoms with E-state index in [4.69, 9.17) is 0 Å². The average Bonchev–Trinajstić information content (AvgIpc) is 2.12. The molecule has 0 aromatic rings. The fourth-order valence-electron chi connectivity index (χ4n) is 3.21. The Morgan fingerprint density at radius 1 is 1.00 bits per heavy atom. The fraction of sp³-hybridized carbons (Fsp3) is 1.00. The van der Waals surface area contributed by atoms with Gasteiger partial charge in [0, 0.05) is 6.04 Å². The van der Waals surface area contributed by atoms with E-state index in [9.17, 15) is 0 Å². The first kappa shape index (κ1) is 10.7. The zero-order chi connectivity index (χ0) is 9.97. The molecule has 1 aliphatic heterocycles. The standard InChI is InChI=1S/C12H25NSi/c1-11(2)13(14-9-6-10-14)12-7-4-3-5-8-12/h11-12,14H,3-10H2,1-2H3. The average molecular weight is 211 g/mol. The summed E-state index contributed by atoms with van der Waals surface area (Å²) >= 11 is 0. The number of nitrogens with zero attached hydrogens (tertiary/aromatic N) is 1. The van der Waals surface area contributed by atoms with Gasteiger partial charge >= 0.3 is 0 Å². The van der Waals surface area contributed by atoms with Crippen molar-refractivity contribution in [3.63, 3.8) is 0 Å². The van der Waals surface area contributed by atoms with Gasteiger partial charge in [0.25, 0.3) is 0 Å². The van der Waals surface area contributed by atoms with Gasteiger partial charge in [0.2, 0.25) is 0 Å². The van der Waals surface area contributed by atoms with Crippen molar-refractivity contribution in [3.05, 3.63) is 0 Å². The maximum absolute atomic E-state index is 2.97. The Labute approximate surface area is 90.6 Å². The Bertz CT molecular complexity index is 171. The van der Waals surface area contributed by atoms with E-state index in [0.717, 1.165) is 12.1 Å². The van der Waals surface area contributed by atoms with E-state index < -0.39 is 8.96 Å². The summed E-state index contributed by atoms with van der Waals surface area (Å²) in [5, 5.41) is 0. The first-order valence-corrected chi connectivity index (χ1v) is 8.71. The van der Waals surface area contributed by atoms with Crippen LogP contribution in [-0.2, 0) is 0 Å². The molecule has 1 heterocycles. The van der Waals surface area contributed by atoms with E-state index in [2.05, 4.69) is 18.4 Å². The molecule has 0 N–H and O–H groups in total. The van der Waals surface area contributed by atoms with Gasteiger partial charge in [-0.2, -0.15) is 0 Å². The van der Waals surface area contributed by atoms with E-state index in [-0.39, 0.29) is 0 Å². The Balaban J connectivity index is 1.93. The lowest BCUT2D eigenvalue weighted by Crippen LogP contribution is -2.53. The summed E-state index contributed by atoms with van der Waals surface area (Å²) in [6.45, 7) is 4.83. The van der Waals surface area contributed by atoms with Gasteiger partial charge in [-0.1, -0.05) is 39.5 Å². The lowest BCUT2D eigenvalue weighted by molar-refractivity contribution is 0.211. The molecule has 2 heteroatoms. The molecule has 0 spiro atoms. The van der Waals surface area contributed by atoms with Gasteiger partial charge in [-0.05, 0) is 31.0 Å². The molecular weight excluding hydrogens is 186 g/mol. The summed E-state index contributed by atoms with van der Waals surface area (Å²) in [5.74, 6) is 0. The molecule has 1 saturated carbocycles. The molecule has 0 bridgehead atoms. The van der Waals surface area contributed by atoms with Crippen LogP contribution in [0.4, 0.5) is 0 Å². The van der Waals surface area contributed by atoms with Crippen molar-refractivity contribution in [2.45, 2.75) is 76.5 Å². The zero-order valence-electron chi connectivity index (χ0n) is 9.84. The van der Waals surface area contributed by atoms with Crippen LogP contribution in [0.15, 0.2) is 0 Å². The summed E-state index contributed by atoms with van der Waals surface area (Å²) in [6.07, 6.45) is 9.02. The molecule has 0 unspecified atom stereocenters. The second-order valence-electron chi connectivity index (χ2n) is 5.42. The molecule has 1 nitrogen and oxygen atoms in total. The number of hydrogen-bond donors (Lipinski definition) is 0. The lowest BCUT2D eigenvalue weighted by atomic mass is 9.95. The fourth-order valence-corrected chi connectivity index (χ4v) is 6.31. The Kier molecular flexibility index (Phi) is 3.66. The van der Waals surface area contributed by atoms with Crippen molar-refractivity contribution in [2.75, 3.05) is 0 Å². The van der Waals surface area contributed by atoms with Crippen molar-refractivity contribution in [1.82, 2.24) is 4.57 Å². The molecular formula is C12H25NSi. The maximum atomic E-state index is 2.97. The number of rotatable bonds is 3. The predicted octanol–water partition coefficient (Wildman–Crippen LogP) is 3.16. The van der Waals surface area contributed by atoms with Gasteiger partial charge in [-0.3, -0.25) is 0 Å². The Hall–Kier alpha value is 0.177. The largest absolute Gasteiger partial charge is 0.321 e. The summed E-state index contributed by atoms with van der Waals surface area (Å²) < 4.78 is 2.97. The van der Waals surface area contributed by atoms with Gasteiger partial charge in [0.15, 0.2) is 0 Å². The van der Waals surface area contributed by atoms with E-state index in [0.29, 0.717) is 0 Å². The normalized spacial score (nSPS) is 25.7. The van der Waals surface area contributed by atoms with Gasteiger partial charge in [-0.25, -0.2) is 0 Å². The summed E-state index contributed by atoms with van der Waals surface area (Å²) in [7, 11) is -0.413. The Morgan fingerprint density at radius 3 is 2.07 bits per heavy atom. The zero-order valence-corrected chi connectivity index (χ0v) is 11.0. The first-order valence-electron chi connectivity index (χ1n) is 6.56. The molecule has 0 aromatic carbocycles. The van der Waals surface area contributed by atoms with E-state index >= 15 is 0 Å². The summed E-state index contributed by atoms with van der Waals surface area (Å²) in [6, 6.07) is 5.03. The van der Waals surface area contributed by atoms with Crippen molar-refractivity contribution >= 4 is 8.96 Å². The van der Waals surface area contributed by atoms with Crippen LogP contribution in [0.2, 0.25) is 12.1 Å². The van der Waals surface area contributed by atoms with Crippen LogP contribution < -0.4 is 0 Å². The SMILES string of the molecule is CC(C)N(C1CCCCC1)[SiH]1CCC1. The van der Waals surface area contributed by atoms with Gasteiger partial charge in [0.05, 0.1) is 0 Å². The first-order chi connectivity index (χ1) is 6.79. The highest BCUT2D eigenvalue weighted by Gasteiger charge is 2.33. The molecule has 2 aliphatic rings. The van der Waals surface area contributed by atoms with Crippen LogP contribution in [-0.4, -0.2) is 25.6 Å². The highest BCUT2D eigenvalue weighted by molar-refractivity contribution is 6.58. The Morgan fingerprint density at radius 2 is 1.64 bits per heavy atom. The summed E-state index contributed by atoms with van der Waals surface area (Å²) in [4.78, 5) is 0. The second kappa shape index (κ2) is 4.80. The minimum absolute atomic E-state index is 0.413. The number of hydrogen-bond acceptors (Lipinski definition) is 1. The molecule has 14 heavy (non-hydrogen) atoms. The summed E-state index contributed by atoms with van der Waals surface area (Å²) in [5.41, 5.74) is 0. The molecule has 0 atom stereocenters. The lowest BCUT2D eigenvalue weighted by Gasteiger charge is -2.45. The second-order valence-corrected chi connectivity index (χ2v) is 8.48. The van der Waals surface area contributed by atoms with Crippen LogP contribution in [0.25, 0.3) is 0 Å². The van der Waals surface area contributed by atoms with Crippen molar-refractivity contribution in [3.8, 4) is 0 Å².